The summed E-state index contributed by atoms with van der Waals surface area (Å²) in [6, 6.07) is 6.33. The lowest BCUT2D eigenvalue weighted by Gasteiger charge is -2.28. The molecule has 0 saturated heterocycles. The molecule has 0 aliphatic rings. The van der Waals surface area contributed by atoms with Gasteiger partial charge in [-0.3, -0.25) is 4.79 Å². The van der Waals surface area contributed by atoms with Crippen molar-refractivity contribution in [2.24, 2.45) is 0 Å². The maximum absolute atomic E-state index is 12.9. The van der Waals surface area contributed by atoms with E-state index in [2.05, 4.69) is 0 Å². The van der Waals surface area contributed by atoms with E-state index in [0.717, 1.165) is 6.42 Å². The number of hydrogen-bond donors (Lipinski definition) is 1. The van der Waals surface area contributed by atoms with Crippen molar-refractivity contribution in [1.29, 1.82) is 0 Å². The van der Waals surface area contributed by atoms with E-state index in [9.17, 15) is 14.7 Å². The van der Waals surface area contributed by atoms with Gasteiger partial charge in [0.1, 0.15) is 11.7 Å². The van der Waals surface area contributed by atoms with Crippen LogP contribution in [0.2, 0.25) is 0 Å². The van der Waals surface area contributed by atoms with Gasteiger partial charge < -0.3 is 24.1 Å². The van der Waals surface area contributed by atoms with E-state index in [-0.39, 0.29) is 31.2 Å². The molecular formula is C23H36O7. The average molecular weight is 425 g/mol. The molecule has 1 N–H and O–H groups in total. The Morgan fingerprint density at radius 1 is 0.933 bits per heavy atom. The van der Waals surface area contributed by atoms with Crippen LogP contribution in [0.3, 0.4) is 0 Å². The number of hydrogen-bond acceptors (Lipinski definition) is 7. The molecule has 1 rings (SSSR count). The van der Waals surface area contributed by atoms with E-state index in [1.807, 2.05) is 13.8 Å². The first-order chi connectivity index (χ1) is 14.1. The number of esters is 1. The van der Waals surface area contributed by atoms with Crippen molar-refractivity contribution in [2.75, 3.05) is 26.4 Å². The summed E-state index contributed by atoms with van der Waals surface area (Å²) >= 11 is 0. The van der Waals surface area contributed by atoms with Crippen LogP contribution in [0.15, 0.2) is 24.3 Å². The van der Waals surface area contributed by atoms with Gasteiger partial charge in [0.05, 0.1) is 37.6 Å². The summed E-state index contributed by atoms with van der Waals surface area (Å²) in [6.07, 6.45) is -0.323. The highest BCUT2D eigenvalue weighted by atomic mass is 16.6. The molecule has 0 spiro atoms. The number of ether oxygens (including phenoxy) is 4. The fourth-order valence-corrected chi connectivity index (χ4v) is 2.78. The summed E-state index contributed by atoms with van der Waals surface area (Å²) < 4.78 is 21.9. The van der Waals surface area contributed by atoms with Gasteiger partial charge in [-0.05, 0) is 53.2 Å². The first-order valence-electron chi connectivity index (χ1n) is 10.4. The number of carbonyl (C=O) groups excluding carboxylic acids is 2. The summed E-state index contributed by atoms with van der Waals surface area (Å²) in [5.41, 5.74) is -0.263. The van der Waals surface area contributed by atoms with Crippen LogP contribution >= 0.6 is 0 Å². The monoisotopic (exact) mass is 424 g/mol. The quantitative estimate of drug-likeness (QED) is 0.278. The highest BCUT2D eigenvalue weighted by Crippen LogP contribution is 2.20. The van der Waals surface area contributed by atoms with Gasteiger partial charge in [0.2, 0.25) is 0 Å². The average Bonchev–Trinajstić information content (AvgIpc) is 2.67. The molecule has 7 heteroatoms. The van der Waals surface area contributed by atoms with Gasteiger partial charge in [0.15, 0.2) is 5.78 Å². The SMILES string of the molecule is CCCOCC(C)OC(=O)c1ccc(C(=O)C(C)(C)OC(C)COCC(C)O)cc1. The van der Waals surface area contributed by atoms with E-state index < -0.39 is 17.7 Å². The number of ketones is 1. The Hall–Kier alpha value is -1.80. The number of benzene rings is 1. The molecule has 30 heavy (non-hydrogen) atoms. The van der Waals surface area contributed by atoms with Gasteiger partial charge in [-0.15, -0.1) is 0 Å². The molecule has 0 aliphatic carbocycles. The van der Waals surface area contributed by atoms with Crippen LogP contribution < -0.4 is 0 Å². The highest BCUT2D eigenvalue weighted by molar-refractivity contribution is 6.02. The molecule has 170 valence electrons. The molecule has 0 amide bonds. The third-order valence-electron chi connectivity index (χ3n) is 4.15. The minimum Gasteiger partial charge on any atom is -0.457 e. The summed E-state index contributed by atoms with van der Waals surface area (Å²) in [7, 11) is 0. The Morgan fingerprint density at radius 2 is 1.50 bits per heavy atom. The van der Waals surface area contributed by atoms with Crippen LogP contribution in [-0.4, -0.2) is 67.2 Å². The number of Topliss-reactive ketones (excluding diaryl/α,β-unsaturated/α-hetero) is 1. The predicted octanol–water partition coefficient (Wildman–Crippen LogP) is 3.42. The van der Waals surface area contributed by atoms with E-state index in [4.69, 9.17) is 18.9 Å². The predicted molar refractivity (Wildman–Crippen MR) is 114 cm³/mol. The number of aliphatic hydroxyl groups is 1. The number of carbonyl (C=O) groups is 2. The second kappa shape index (κ2) is 12.8. The van der Waals surface area contributed by atoms with Gasteiger partial charge in [0, 0.05) is 12.2 Å². The van der Waals surface area contributed by atoms with Crippen LogP contribution in [0.5, 0.6) is 0 Å². The summed E-state index contributed by atoms with van der Waals surface area (Å²) in [5, 5.41) is 9.23. The van der Waals surface area contributed by atoms with Crippen molar-refractivity contribution >= 4 is 11.8 Å². The lowest BCUT2D eigenvalue weighted by atomic mass is 9.95. The van der Waals surface area contributed by atoms with Gasteiger partial charge >= 0.3 is 5.97 Å². The minimum atomic E-state index is -1.07. The smallest absolute Gasteiger partial charge is 0.338 e. The summed E-state index contributed by atoms with van der Waals surface area (Å²) in [4.78, 5) is 25.1. The van der Waals surface area contributed by atoms with Crippen molar-refractivity contribution in [2.45, 2.75) is 71.9 Å². The third kappa shape index (κ3) is 9.34. The maximum atomic E-state index is 12.9. The van der Waals surface area contributed by atoms with Crippen molar-refractivity contribution in [3.8, 4) is 0 Å². The first kappa shape index (κ1) is 26.2. The van der Waals surface area contributed by atoms with E-state index in [0.29, 0.717) is 24.3 Å². The molecular weight excluding hydrogens is 388 g/mol. The van der Waals surface area contributed by atoms with Crippen molar-refractivity contribution < 1.29 is 33.6 Å². The largest absolute Gasteiger partial charge is 0.457 e. The zero-order valence-corrected chi connectivity index (χ0v) is 19.0. The number of rotatable bonds is 14. The topological polar surface area (TPSA) is 91.3 Å². The van der Waals surface area contributed by atoms with E-state index in [1.54, 1.807) is 52.0 Å². The van der Waals surface area contributed by atoms with Gasteiger partial charge in [-0.25, -0.2) is 4.79 Å². The lowest BCUT2D eigenvalue weighted by molar-refractivity contribution is -0.0821. The third-order valence-corrected chi connectivity index (χ3v) is 4.15. The van der Waals surface area contributed by atoms with Crippen LogP contribution in [0.1, 0.15) is 68.7 Å². The van der Waals surface area contributed by atoms with E-state index >= 15 is 0 Å². The van der Waals surface area contributed by atoms with Crippen LogP contribution in [0, 0.1) is 0 Å². The molecule has 0 saturated carbocycles. The summed E-state index contributed by atoms with van der Waals surface area (Å²) in [5.74, 6) is -0.660. The Morgan fingerprint density at radius 3 is 2.07 bits per heavy atom. The van der Waals surface area contributed by atoms with Gasteiger partial charge in [-0.1, -0.05) is 19.1 Å². The molecule has 3 unspecified atom stereocenters. The zero-order valence-electron chi connectivity index (χ0n) is 19.0. The van der Waals surface area contributed by atoms with Crippen LogP contribution in [0.4, 0.5) is 0 Å². The second-order valence-corrected chi connectivity index (χ2v) is 8.02. The molecule has 0 heterocycles. The van der Waals surface area contributed by atoms with Gasteiger partial charge in [0.25, 0.3) is 0 Å². The molecule has 1 aromatic rings. The van der Waals surface area contributed by atoms with Crippen molar-refractivity contribution in [3.05, 3.63) is 35.4 Å². The van der Waals surface area contributed by atoms with Crippen LogP contribution in [0.25, 0.3) is 0 Å². The highest BCUT2D eigenvalue weighted by Gasteiger charge is 2.31. The Balaban J connectivity index is 2.63. The molecule has 1 aromatic carbocycles. The molecule has 7 nitrogen and oxygen atoms in total. The fraction of sp³-hybridized carbons (Fsp3) is 0.652. The Labute approximate surface area is 179 Å². The molecule has 0 bridgehead atoms. The van der Waals surface area contributed by atoms with Crippen molar-refractivity contribution in [1.82, 2.24) is 0 Å². The maximum Gasteiger partial charge on any atom is 0.338 e. The Bertz CT molecular complexity index is 652. The van der Waals surface area contributed by atoms with Crippen LogP contribution in [-0.2, 0) is 18.9 Å². The molecule has 0 aromatic heterocycles. The van der Waals surface area contributed by atoms with Crippen molar-refractivity contribution in [3.63, 3.8) is 0 Å². The second-order valence-electron chi connectivity index (χ2n) is 8.02. The number of aliphatic hydroxyl groups excluding tert-OH is 1. The fourth-order valence-electron chi connectivity index (χ4n) is 2.78. The van der Waals surface area contributed by atoms with E-state index in [1.165, 1.54) is 0 Å². The Kier molecular flexibility index (Phi) is 11.2. The van der Waals surface area contributed by atoms with Gasteiger partial charge in [-0.2, -0.15) is 0 Å². The minimum absolute atomic E-state index is 0.203. The molecule has 0 radical (unpaired) electrons. The lowest BCUT2D eigenvalue weighted by Crippen LogP contribution is -2.39. The molecule has 3 atom stereocenters. The zero-order chi connectivity index (χ0) is 22.7. The molecule has 0 aliphatic heterocycles. The standard InChI is InChI=1S/C23H36O7/c1-7-12-27-14-17(3)29-22(26)20-10-8-19(9-11-20)21(25)23(5,6)30-18(4)15-28-13-16(2)24/h8-11,16-18,24H,7,12-15H2,1-6H3. The summed E-state index contributed by atoms with van der Waals surface area (Å²) in [6.45, 7) is 12.1. The molecule has 0 fully saturated rings. The normalized spacial score (nSPS) is 14.8. The first-order valence-corrected chi connectivity index (χ1v) is 10.4.